The van der Waals surface area contributed by atoms with Gasteiger partial charge in [-0.2, -0.15) is 17.5 Å². The van der Waals surface area contributed by atoms with E-state index in [-0.39, 0.29) is 53.7 Å². The molecule has 2 aromatic heterocycles. The first-order chi connectivity index (χ1) is 17.9. The standard InChI is InChI=1S/C24H27F3N6O4S/c1-15-12-20(37-30-15)19-6-7-21(36-19)38(34,35)32-10-8-31(9-11-32)13-16(2)33-14-29-23(28)17-4-3-5-18(22(17)33)24(25,26)27/h3-7,12,16H,8-11,13-14H2,1-2H3,(H2,28,29)/t16-/m0/s1. The Morgan fingerprint density at radius 3 is 2.50 bits per heavy atom. The maximum absolute atomic E-state index is 13.8. The Morgan fingerprint density at radius 2 is 1.84 bits per heavy atom. The fourth-order valence-electron chi connectivity index (χ4n) is 4.78. The minimum absolute atomic E-state index is 0.00692. The van der Waals surface area contributed by atoms with E-state index in [0.717, 1.165) is 6.07 Å². The highest BCUT2D eigenvalue weighted by Gasteiger charge is 2.39. The second kappa shape index (κ2) is 9.75. The number of aliphatic imine (C=N–C) groups is 1. The molecule has 14 heteroatoms. The molecule has 0 aliphatic carbocycles. The molecule has 0 bridgehead atoms. The van der Waals surface area contributed by atoms with Crippen LogP contribution in [0, 0.1) is 6.92 Å². The van der Waals surface area contributed by atoms with Crippen molar-refractivity contribution in [2.24, 2.45) is 10.7 Å². The molecular formula is C24H27F3N6O4S. The molecule has 204 valence electrons. The number of rotatable bonds is 6. The number of fused-ring (bicyclic) bond motifs is 1. The Kier molecular flexibility index (Phi) is 6.73. The lowest BCUT2D eigenvalue weighted by molar-refractivity contribution is -0.137. The third-order valence-electron chi connectivity index (χ3n) is 6.73. The van der Waals surface area contributed by atoms with Crippen LogP contribution in [-0.2, 0) is 16.2 Å². The number of aromatic nitrogens is 1. The molecule has 3 aromatic rings. The van der Waals surface area contributed by atoms with Crippen LogP contribution in [0.1, 0.15) is 23.7 Å². The van der Waals surface area contributed by atoms with Gasteiger partial charge in [-0.25, -0.2) is 13.4 Å². The van der Waals surface area contributed by atoms with E-state index in [1.165, 1.54) is 28.6 Å². The molecule has 0 amide bonds. The topological polar surface area (TPSA) is 121 Å². The molecule has 0 radical (unpaired) electrons. The highest BCUT2D eigenvalue weighted by molar-refractivity contribution is 7.89. The quantitative estimate of drug-likeness (QED) is 0.495. The van der Waals surface area contributed by atoms with Gasteiger partial charge in [0.2, 0.25) is 10.9 Å². The molecular weight excluding hydrogens is 525 g/mol. The summed E-state index contributed by atoms with van der Waals surface area (Å²) >= 11 is 0. The smallest absolute Gasteiger partial charge is 0.418 e. The van der Waals surface area contributed by atoms with Crippen LogP contribution in [-0.4, -0.2) is 74.0 Å². The maximum Gasteiger partial charge on any atom is 0.418 e. The fraction of sp³-hybridized carbons (Fsp3) is 0.417. The number of furan rings is 1. The van der Waals surface area contributed by atoms with E-state index in [9.17, 15) is 21.6 Å². The van der Waals surface area contributed by atoms with Gasteiger partial charge in [-0.05, 0) is 38.1 Å². The third-order valence-corrected chi connectivity index (χ3v) is 8.50. The Morgan fingerprint density at radius 1 is 1.11 bits per heavy atom. The monoisotopic (exact) mass is 552 g/mol. The molecule has 1 aromatic carbocycles. The number of anilines is 1. The number of hydrogen-bond donors (Lipinski definition) is 1. The first-order valence-corrected chi connectivity index (χ1v) is 13.4. The van der Waals surface area contributed by atoms with E-state index in [4.69, 9.17) is 14.7 Å². The predicted molar refractivity (Wildman–Crippen MR) is 133 cm³/mol. The Labute approximate surface area is 217 Å². The summed E-state index contributed by atoms with van der Waals surface area (Å²) in [6, 6.07) is 8.12. The van der Waals surface area contributed by atoms with Crippen molar-refractivity contribution in [2.75, 3.05) is 44.3 Å². The zero-order valence-electron chi connectivity index (χ0n) is 20.8. The largest absolute Gasteiger partial charge is 0.440 e. The van der Waals surface area contributed by atoms with Crippen LogP contribution in [0.15, 0.2) is 55.4 Å². The van der Waals surface area contributed by atoms with Gasteiger partial charge in [-0.1, -0.05) is 11.2 Å². The first kappa shape index (κ1) is 26.3. The molecule has 2 aliphatic heterocycles. The molecule has 1 fully saturated rings. The van der Waals surface area contributed by atoms with Crippen molar-refractivity contribution in [3.63, 3.8) is 0 Å². The van der Waals surface area contributed by atoms with Crippen LogP contribution < -0.4 is 10.6 Å². The van der Waals surface area contributed by atoms with Crippen LogP contribution in [0.4, 0.5) is 18.9 Å². The van der Waals surface area contributed by atoms with E-state index in [0.29, 0.717) is 31.1 Å². The van der Waals surface area contributed by atoms with Crippen LogP contribution in [0.2, 0.25) is 0 Å². The molecule has 0 saturated carbocycles. The van der Waals surface area contributed by atoms with Crippen molar-refractivity contribution < 1.29 is 30.5 Å². The number of hydrogen-bond acceptors (Lipinski definition) is 9. The third kappa shape index (κ3) is 4.90. The van der Waals surface area contributed by atoms with Gasteiger partial charge in [0.1, 0.15) is 12.5 Å². The number of nitrogens with two attached hydrogens (primary N) is 1. The molecule has 38 heavy (non-hydrogen) atoms. The predicted octanol–water partition coefficient (Wildman–Crippen LogP) is 3.14. The molecule has 2 N–H and O–H groups in total. The lowest BCUT2D eigenvalue weighted by atomic mass is 10.0. The summed E-state index contributed by atoms with van der Waals surface area (Å²) in [6.45, 7) is 5.24. The minimum Gasteiger partial charge on any atom is -0.440 e. The molecule has 0 unspecified atom stereocenters. The number of piperazine rings is 1. The molecule has 0 spiro atoms. The van der Waals surface area contributed by atoms with E-state index < -0.39 is 21.8 Å². The SMILES string of the molecule is Cc1cc(-c2ccc(S(=O)(=O)N3CCN(C[C@H](C)N4CN=C(N)c5cccc(C(F)(F)F)c54)CC3)o2)on1. The van der Waals surface area contributed by atoms with Gasteiger partial charge in [0, 0.05) is 50.4 Å². The highest BCUT2D eigenvalue weighted by atomic mass is 32.2. The van der Waals surface area contributed by atoms with Crippen LogP contribution in [0.5, 0.6) is 0 Å². The van der Waals surface area contributed by atoms with E-state index >= 15 is 0 Å². The van der Waals surface area contributed by atoms with Gasteiger partial charge < -0.3 is 19.6 Å². The number of alkyl halides is 3. The molecule has 5 rings (SSSR count). The zero-order valence-corrected chi connectivity index (χ0v) is 21.6. The summed E-state index contributed by atoms with van der Waals surface area (Å²) in [5, 5.41) is 3.59. The van der Waals surface area contributed by atoms with Gasteiger partial charge in [0.15, 0.2) is 5.76 Å². The number of halogens is 3. The van der Waals surface area contributed by atoms with E-state index in [1.807, 2.05) is 11.8 Å². The minimum atomic E-state index is -4.54. The lowest BCUT2D eigenvalue weighted by Crippen LogP contribution is -2.53. The Hall–Kier alpha value is -3.36. The summed E-state index contributed by atoms with van der Waals surface area (Å²) < 4.78 is 79.7. The second-order valence-electron chi connectivity index (χ2n) is 9.36. The molecule has 2 aliphatic rings. The normalized spacial score (nSPS) is 18.3. The summed E-state index contributed by atoms with van der Waals surface area (Å²) in [7, 11) is -3.87. The molecule has 4 heterocycles. The fourth-order valence-corrected chi connectivity index (χ4v) is 6.11. The van der Waals surface area contributed by atoms with Crippen molar-refractivity contribution in [2.45, 2.75) is 31.2 Å². The van der Waals surface area contributed by atoms with Crippen LogP contribution in [0.3, 0.4) is 0 Å². The average Bonchev–Trinajstić information content (AvgIpc) is 3.53. The summed E-state index contributed by atoms with van der Waals surface area (Å²) in [5.74, 6) is 0.676. The Balaban J connectivity index is 1.25. The van der Waals surface area contributed by atoms with E-state index in [1.54, 1.807) is 17.9 Å². The number of nitrogens with zero attached hydrogens (tertiary/aromatic N) is 5. The van der Waals surface area contributed by atoms with Crippen molar-refractivity contribution >= 4 is 21.5 Å². The number of amidine groups is 1. The second-order valence-corrected chi connectivity index (χ2v) is 11.2. The lowest BCUT2D eigenvalue weighted by Gasteiger charge is -2.40. The van der Waals surface area contributed by atoms with Crippen molar-refractivity contribution in [1.82, 2.24) is 14.4 Å². The number of sulfonamides is 1. The average molecular weight is 553 g/mol. The van der Waals surface area contributed by atoms with Gasteiger partial charge in [0.05, 0.1) is 16.9 Å². The van der Waals surface area contributed by atoms with Crippen LogP contribution in [0.25, 0.3) is 11.5 Å². The number of aryl methyl sites for hydroxylation is 1. The zero-order chi connectivity index (χ0) is 27.2. The molecule has 1 saturated heterocycles. The van der Waals surface area contributed by atoms with Gasteiger partial charge in [-0.3, -0.25) is 4.90 Å². The highest BCUT2D eigenvalue weighted by Crippen LogP contribution is 2.40. The van der Waals surface area contributed by atoms with Gasteiger partial charge in [0.25, 0.3) is 10.0 Å². The first-order valence-electron chi connectivity index (χ1n) is 12.0. The van der Waals surface area contributed by atoms with Gasteiger partial charge in [-0.15, -0.1) is 0 Å². The summed E-state index contributed by atoms with van der Waals surface area (Å²) in [5.41, 5.74) is 6.08. The molecule has 10 nitrogen and oxygen atoms in total. The van der Waals surface area contributed by atoms with E-state index in [2.05, 4.69) is 10.1 Å². The van der Waals surface area contributed by atoms with Crippen molar-refractivity contribution in [3.8, 4) is 11.5 Å². The van der Waals surface area contributed by atoms with Crippen molar-refractivity contribution in [3.05, 3.63) is 53.2 Å². The van der Waals surface area contributed by atoms with Gasteiger partial charge >= 0.3 is 6.18 Å². The summed E-state index contributed by atoms with van der Waals surface area (Å²) in [6.07, 6.45) is -4.54. The Bertz CT molecular complexity index is 1460. The van der Waals surface area contributed by atoms with Crippen LogP contribution >= 0.6 is 0 Å². The summed E-state index contributed by atoms with van der Waals surface area (Å²) in [4.78, 5) is 7.85. The van der Waals surface area contributed by atoms with Crippen molar-refractivity contribution in [1.29, 1.82) is 0 Å². The number of para-hydroxylation sites is 1. The molecule has 1 atom stereocenters. The maximum atomic E-state index is 13.8. The number of benzene rings is 1.